The molecule has 5 nitrogen and oxygen atoms in total. The Labute approximate surface area is 188 Å². The van der Waals surface area contributed by atoms with E-state index >= 15 is 0 Å². The highest BCUT2D eigenvalue weighted by Crippen LogP contribution is 2.41. The van der Waals surface area contributed by atoms with Crippen molar-refractivity contribution in [3.63, 3.8) is 0 Å². The number of alkyl halides is 3. The topological polar surface area (TPSA) is 58.5 Å². The predicted molar refractivity (Wildman–Crippen MR) is 114 cm³/mol. The number of halogens is 4. The van der Waals surface area contributed by atoms with E-state index in [0.717, 1.165) is 11.6 Å². The summed E-state index contributed by atoms with van der Waals surface area (Å²) in [5.41, 5.74) is 0.763. The van der Waals surface area contributed by atoms with Gasteiger partial charge < -0.3 is 9.84 Å². The van der Waals surface area contributed by atoms with E-state index in [1.165, 1.54) is 18.3 Å². The Morgan fingerprint density at radius 2 is 1.81 bits per heavy atom. The van der Waals surface area contributed by atoms with Gasteiger partial charge in [0.1, 0.15) is 6.10 Å². The molecule has 4 rings (SSSR count). The summed E-state index contributed by atoms with van der Waals surface area (Å²) in [6.45, 7) is 2.25. The highest BCUT2D eigenvalue weighted by molar-refractivity contribution is 6.31. The van der Waals surface area contributed by atoms with Crippen LogP contribution in [0.2, 0.25) is 5.02 Å². The molecular formula is C23H21ClF3N3O2. The predicted octanol–water partition coefficient (Wildman–Crippen LogP) is 4.92. The average molecular weight is 464 g/mol. The molecule has 9 heteroatoms. The zero-order chi connectivity index (χ0) is 22.7. The minimum Gasteiger partial charge on any atom is -0.386 e. The fraction of sp³-hybridized carbons (Fsp3) is 0.304. The first-order chi connectivity index (χ1) is 15.4. The molecule has 0 saturated carbocycles. The van der Waals surface area contributed by atoms with Crippen LogP contribution in [0.5, 0.6) is 0 Å². The molecule has 1 fully saturated rings. The van der Waals surface area contributed by atoms with Crippen LogP contribution in [-0.2, 0) is 10.9 Å². The van der Waals surface area contributed by atoms with Gasteiger partial charge in [-0.05, 0) is 29.8 Å². The summed E-state index contributed by atoms with van der Waals surface area (Å²) in [6, 6.07) is 10.2. The maximum absolute atomic E-state index is 13.4. The molecule has 1 N–H and O–H groups in total. The molecular weight excluding hydrogens is 443 g/mol. The third kappa shape index (κ3) is 4.78. The van der Waals surface area contributed by atoms with Crippen LogP contribution >= 0.6 is 11.6 Å². The first-order valence-corrected chi connectivity index (χ1v) is 10.5. The number of hydrogen-bond acceptors (Lipinski definition) is 5. The second-order valence-electron chi connectivity index (χ2n) is 7.46. The van der Waals surface area contributed by atoms with Crippen LogP contribution in [-0.4, -0.2) is 46.3 Å². The number of hydrogen-bond donors (Lipinski definition) is 1. The molecule has 2 aromatic heterocycles. The van der Waals surface area contributed by atoms with Crippen LogP contribution in [0.4, 0.5) is 13.2 Å². The van der Waals surface area contributed by atoms with Crippen molar-refractivity contribution >= 4 is 11.6 Å². The van der Waals surface area contributed by atoms with Crippen molar-refractivity contribution < 1.29 is 23.0 Å². The molecule has 1 aliphatic rings. The fourth-order valence-corrected chi connectivity index (χ4v) is 4.18. The zero-order valence-electron chi connectivity index (χ0n) is 17.0. The van der Waals surface area contributed by atoms with Gasteiger partial charge >= 0.3 is 6.18 Å². The molecule has 1 aromatic carbocycles. The molecule has 0 radical (unpaired) electrons. The lowest BCUT2D eigenvalue weighted by molar-refractivity contribution is -0.137. The van der Waals surface area contributed by atoms with E-state index in [4.69, 9.17) is 16.3 Å². The van der Waals surface area contributed by atoms with Crippen LogP contribution in [0.25, 0.3) is 11.3 Å². The summed E-state index contributed by atoms with van der Waals surface area (Å²) in [5.74, 6) is 0. The number of benzene rings is 1. The Morgan fingerprint density at radius 3 is 2.50 bits per heavy atom. The van der Waals surface area contributed by atoms with Crippen molar-refractivity contribution in [2.45, 2.75) is 18.3 Å². The Morgan fingerprint density at radius 1 is 1.06 bits per heavy atom. The third-order valence-corrected chi connectivity index (χ3v) is 5.80. The largest absolute Gasteiger partial charge is 0.417 e. The van der Waals surface area contributed by atoms with E-state index in [1.54, 1.807) is 30.6 Å². The molecule has 1 aliphatic heterocycles. The molecule has 0 amide bonds. The van der Waals surface area contributed by atoms with Crippen molar-refractivity contribution in [2.24, 2.45) is 0 Å². The van der Waals surface area contributed by atoms with Crippen molar-refractivity contribution in [2.75, 3.05) is 26.3 Å². The van der Waals surface area contributed by atoms with Gasteiger partial charge in [-0.25, -0.2) is 0 Å². The van der Waals surface area contributed by atoms with E-state index < -0.39 is 23.9 Å². The maximum Gasteiger partial charge on any atom is 0.417 e. The van der Waals surface area contributed by atoms with Gasteiger partial charge in [0.25, 0.3) is 0 Å². The molecule has 0 bridgehead atoms. The zero-order valence-corrected chi connectivity index (χ0v) is 17.7. The number of nitrogens with zero attached hydrogens (tertiary/aromatic N) is 3. The second kappa shape index (κ2) is 9.54. The van der Waals surface area contributed by atoms with Crippen molar-refractivity contribution in [3.05, 3.63) is 82.8 Å². The lowest BCUT2D eigenvalue weighted by Crippen LogP contribution is -2.41. The standard InChI is InChI=1S/C23H21ClF3N3O2/c24-19-6-5-15(13-18(19)23(25,26)27)20-17(4-2-8-29-20)22(31)21(16-3-1-7-28-14-16)30-9-11-32-12-10-30/h1-8,13-14,21-22,31H,9-12H2. The van der Waals surface area contributed by atoms with E-state index in [-0.39, 0.29) is 16.3 Å². The number of morpholine rings is 1. The van der Waals surface area contributed by atoms with E-state index in [0.29, 0.717) is 31.9 Å². The smallest absolute Gasteiger partial charge is 0.386 e. The van der Waals surface area contributed by atoms with Gasteiger partial charge in [-0.3, -0.25) is 14.9 Å². The van der Waals surface area contributed by atoms with Gasteiger partial charge in [0.05, 0.1) is 35.5 Å². The molecule has 3 aromatic rings. The Hall–Kier alpha value is -2.52. The summed E-state index contributed by atoms with van der Waals surface area (Å²) >= 11 is 5.79. The number of aliphatic hydroxyl groups excluding tert-OH is 1. The first kappa shape index (κ1) is 22.7. The summed E-state index contributed by atoms with van der Waals surface area (Å²) in [5, 5.41) is 11.1. The molecule has 32 heavy (non-hydrogen) atoms. The van der Waals surface area contributed by atoms with Crippen molar-refractivity contribution in [1.29, 1.82) is 0 Å². The quantitative estimate of drug-likeness (QED) is 0.582. The first-order valence-electron chi connectivity index (χ1n) is 10.1. The molecule has 2 unspecified atom stereocenters. The Bertz CT molecular complexity index is 1060. The van der Waals surface area contributed by atoms with Crippen LogP contribution in [0.1, 0.15) is 28.8 Å². The molecule has 3 heterocycles. The SMILES string of the molecule is OC(c1cccnc1-c1ccc(Cl)c(C(F)(F)F)c1)C(c1cccnc1)N1CCOCC1. The highest BCUT2D eigenvalue weighted by Gasteiger charge is 2.35. The van der Waals surface area contributed by atoms with Crippen LogP contribution in [0.3, 0.4) is 0 Å². The number of aliphatic hydroxyl groups is 1. The molecule has 0 aliphatic carbocycles. The number of ether oxygens (including phenoxy) is 1. The van der Waals surface area contributed by atoms with E-state index in [1.807, 2.05) is 6.07 Å². The van der Waals surface area contributed by atoms with Gasteiger partial charge in [-0.15, -0.1) is 0 Å². The lowest BCUT2D eigenvalue weighted by atomic mass is 9.91. The van der Waals surface area contributed by atoms with Gasteiger partial charge in [-0.1, -0.05) is 29.8 Å². The number of pyridine rings is 2. The van der Waals surface area contributed by atoms with Crippen LogP contribution in [0, 0.1) is 0 Å². The van der Waals surface area contributed by atoms with Crippen LogP contribution < -0.4 is 0 Å². The van der Waals surface area contributed by atoms with Crippen molar-refractivity contribution in [3.8, 4) is 11.3 Å². The van der Waals surface area contributed by atoms with E-state index in [9.17, 15) is 18.3 Å². The Balaban J connectivity index is 1.78. The summed E-state index contributed by atoms with van der Waals surface area (Å²) in [4.78, 5) is 10.6. The second-order valence-corrected chi connectivity index (χ2v) is 7.87. The molecule has 1 saturated heterocycles. The van der Waals surface area contributed by atoms with Gasteiger partial charge in [0, 0.05) is 42.8 Å². The minimum absolute atomic E-state index is 0.225. The summed E-state index contributed by atoms with van der Waals surface area (Å²) < 4.78 is 45.7. The van der Waals surface area contributed by atoms with Gasteiger partial charge in [-0.2, -0.15) is 13.2 Å². The molecule has 168 valence electrons. The fourth-order valence-electron chi connectivity index (χ4n) is 3.96. The molecule has 2 atom stereocenters. The number of aromatic nitrogens is 2. The van der Waals surface area contributed by atoms with Gasteiger partial charge in [0.2, 0.25) is 0 Å². The molecule has 0 spiro atoms. The summed E-state index contributed by atoms with van der Waals surface area (Å²) in [6.07, 6.45) is -0.850. The Kier molecular flexibility index (Phi) is 6.76. The highest BCUT2D eigenvalue weighted by atomic mass is 35.5. The normalized spacial score (nSPS) is 17.2. The van der Waals surface area contributed by atoms with Gasteiger partial charge in [0.15, 0.2) is 0 Å². The average Bonchev–Trinajstić information content (AvgIpc) is 2.80. The minimum atomic E-state index is -4.60. The number of rotatable bonds is 5. The third-order valence-electron chi connectivity index (χ3n) is 5.47. The maximum atomic E-state index is 13.4. The monoisotopic (exact) mass is 463 g/mol. The van der Waals surface area contributed by atoms with Crippen LogP contribution in [0.15, 0.2) is 61.1 Å². The summed E-state index contributed by atoms with van der Waals surface area (Å²) in [7, 11) is 0. The lowest BCUT2D eigenvalue weighted by Gasteiger charge is -2.37. The van der Waals surface area contributed by atoms with Crippen molar-refractivity contribution in [1.82, 2.24) is 14.9 Å². The van der Waals surface area contributed by atoms with E-state index in [2.05, 4.69) is 14.9 Å².